The topological polar surface area (TPSA) is 89.8 Å². The molecule has 2 aromatic rings. The molecule has 0 radical (unpaired) electrons. The van der Waals surface area contributed by atoms with E-state index in [9.17, 15) is 9.59 Å². The van der Waals surface area contributed by atoms with Crippen molar-refractivity contribution in [1.82, 2.24) is 20.0 Å². The lowest BCUT2D eigenvalue weighted by Gasteiger charge is -2.05. The largest absolute Gasteiger partial charge is 0.295 e. The van der Waals surface area contributed by atoms with Crippen molar-refractivity contribution >= 4 is 22.4 Å². The highest BCUT2D eigenvalue weighted by Gasteiger charge is 2.13. The van der Waals surface area contributed by atoms with E-state index in [1.54, 1.807) is 0 Å². The number of carbonyl (C=O) groups is 1. The van der Waals surface area contributed by atoms with Gasteiger partial charge in [0.1, 0.15) is 10.7 Å². The fourth-order valence-corrected chi connectivity index (χ4v) is 2.71. The van der Waals surface area contributed by atoms with Crippen molar-refractivity contribution in [3.63, 3.8) is 0 Å². The first kappa shape index (κ1) is 17.3. The molecular formula is C15H21N5O2S. The fourth-order valence-electron chi connectivity index (χ4n) is 1.93. The van der Waals surface area contributed by atoms with Gasteiger partial charge >= 0.3 is 0 Å². The zero-order valence-corrected chi connectivity index (χ0v) is 14.2. The molecular weight excluding hydrogens is 314 g/mol. The Hall–Kier alpha value is -2.09. The Morgan fingerprint density at radius 3 is 2.74 bits per heavy atom. The molecule has 2 rings (SSSR count). The van der Waals surface area contributed by atoms with Crippen LogP contribution >= 0.6 is 11.3 Å². The van der Waals surface area contributed by atoms with Gasteiger partial charge in [-0.15, -0.1) is 10.2 Å². The first-order valence-electron chi connectivity index (χ1n) is 7.86. The van der Waals surface area contributed by atoms with Crippen molar-refractivity contribution < 1.29 is 4.79 Å². The number of hydrogen-bond acceptors (Lipinski definition) is 6. The lowest BCUT2D eigenvalue weighted by Crippen LogP contribution is -2.26. The van der Waals surface area contributed by atoms with Crippen LogP contribution in [0.15, 0.2) is 16.9 Å². The Bertz CT molecular complexity index is 710. The van der Waals surface area contributed by atoms with E-state index < -0.39 is 0 Å². The van der Waals surface area contributed by atoms with Crippen LogP contribution in [-0.4, -0.2) is 25.9 Å². The van der Waals surface area contributed by atoms with E-state index >= 15 is 0 Å². The number of unbranched alkanes of at least 4 members (excludes halogenated alkanes) is 2. The van der Waals surface area contributed by atoms with E-state index in [1.807, 2.05) is 6.92 Å². The minimum Gasteiger partial charge on any atom is -0.295 e. The Morgan fingerprint density at radius 1 is 1.22 bits per heavy atom. The van der Waals surface area contributed by atoms with E-state index in [4.69, 9.17) is 0 Å². The van der Waals surface area contributed by atoms with Gasteiger partial charge in [0, 0.05) is 19.0 Å². The number of carbonyl (C=O) groups excluding carboxylic acids is 1. The van der Waals surface area contributed by atoms with Crippen LogP contribution < -0.4 is 10.9 Å². The monoisotopic (exact) mass is 335 g/mol. The lowest BCUT2D eigenvalue weighted by molar-refractivity contribution is 0.101. The molecule has 0 fully saturated rings. The van der Waals surface area contributed by atoms with Gasteiger partial charge in [0.05, 0.1) is 0 Å². The minimum atomic E-state index is -0.381. The summed E-state index contributed by atoms with van der Waals surface area (Å²) < 4.78 is 1.32. The van der Waals surface area contributed by atoms with Gasteiger partial charge in [0.15, 0.2) is 0 Å². The van der Waals surface area contributed by atoms with Crippen LogP contribution in [-0.2, 0) is 13.0 Å². The minimum absolute atomic E-state index is 0.200. The number of anilines is 1. The second-order valence-electron chi connectivity index (χ2n) is 5.19. The van der Waals surface area contributed by atoms with Crippen LogP contribution in [0.2, 0.25) is 0 Å². The molecule has 0 bridgehead atoms. The lowest BCUT2D eigenvalue weighted by atomic mass is 10.3. The summed E-state index contributed by atoms with van der Waals surface area (Å²) in [5.41, 5.74) is -0.00113. The summed E-state index contributed by atoms with van der Waals surface area (Å²) in [5, 5.41) is 16.2. The van der Waals surface area contributed by atoms with Crippen LogP contribution in [0.5, 0.6) is 0 Å². The molecule has 1 N–H and O–H groups in total. The highest BCUT2D eigenvalue weighted by molar-refractivity contribution is 7.15. The van der Waals surface area contributed by atoms with Crippen molar-refractivity contribution in [2.75, 3.05) is 5.32 Å². The molecule has 0 saturated carbocycles. The Balaban J connectivity index is 2.05. The average molecular weight is 335 g/mol. The summed E-state index contributed by atoms with van der Waals surface area (Å²) in [4.78, 5) is 23.9. The maximum Gasteiger partial charge on any atom is 0.277 e. The Morgan fingerprint density at radius 2 is 2.00 bits per heavy atom. The molecule has 0 saturated heterocycles. The number of nitrogens with zero attached hydrogens (tertiary/aromatic N) is 4. The molecule has 1 amide bonds. The zero-order valence-electron chi connectivity index (χ0n) is 13.4. The van der Waals surface area contributed by atoms with Crippen molar-refractivity contribution in [1.29, 1.82) is 0 Å². The summed E-state index contributed by atoms with van der Waals surface area (Å²) in [6.45, 7) is 4.66. The highest BCUT2D eigenvalue weighted by Crippen LogP contribution is 2.17. The third kappa shape index (κ3) is 4.95. The van der Waals surface area contributed by atoms with E-state index in [1.165, 1.54) is 28.2 Å². The average Bonchev–Trinajstić information content (AvgIpc) is 2.99. The molecule has 0 aromatic carbocycles. The van der Waals surface area contributed by atoms with Crippen molar-refractivity contribution in [2.45, 2.75) is 52.5 Å². The summed E-state index contributed by atoms with van der Waals surface area (Å²) in [7, 11) is 0. The van der Waals surface area contributed by atoms with Gasteiger partial charge in [-0.1, -0.05) is 38.0 Å². The second kappa shape index (κ2) is 8.52. The van der Waals surface area contributed by atoms with E-state index in [0.29, 0.717) is 11.7 Å². The zero-order chi connectivity index (χ0) is 16.7. The normalized spacial score (nSPS) is 10.7. The van der Waals surface area contributed by atoms with E-state index in [2.05, 4.69) is 27.5 Å². The molecule has 2 heterocycles. The van der Waals surface area contributed by atoms with Gasteiger partial charge in [-0.2, -0.15) is 5.10 Å². The Labute approximate surface area is 138 Å². The molecule has 7 nitrogen and oxygen atoms in total. The van der Waals surface area contributed by atoms with Gasteiger partial charge in [-0.3, -0.25) is 14.9 Å². The molecule has 2 aromatic heterocycles. The van der Waals surface area contributed by atoms with E-state index in [-0.39, 0.29) is 17.2 Å². The predicted molar refractivity (Wildman–Crippen MR) is 89.9 cm³/mol. The quantitative estimate of drug-likeness (QED) is 0.800. The maximum atomic E-state index is 12.2. The standard InChI is InChI=1S/C15H21N5O2S/c1-3-5-7-12-17-18-15(23-12)16-14(22)11-8-9-13(21)20(19-11)10-6-4-2/h8-9H,3-7,10H2,1-2H3,(H,16,18,22). The van der Waals surface area contributed by atoms with Gasteiger partial charge in [0.25, 0.3) is 11.5 Å². The third-order valence-electron chi connectivity index (χ3n) is 3.25. The Kier molecular flexibility index (Phi) is 6.40. The summed E-state index contributed by atoms with van der Waals surface area (Å²) in [5.74, 6) is -0.381. The maximum absolute atomic E-state index is 12.2. The van der Waals surface area contributed by atoms with Crippen LogP contribution in [0.3, 0.4) is 0 Å². The van der Waals surface area contributed by atoms with Gasteiger partial charge in [-0.25, -0.2) is 4.68 Å². The van der Waals surface area contributed by atoms with Crippen molar-refractivity contribution in [2.24, 2.45) is 0 Å². The van der Waals surface area contributed by atoms with Crippen molar-refractivity contribution in [3.05, 3.63) is 33.2 Å². The number of hydrogen-bond donors (Lipinski definition) is 1. The second-order valence-corrected chi connectivity index (χ2v) is 6.25. The number of aryl methyl sites for hydroxylation is 2. The fraction of sp³-hybridized carbons (Fsp3) is 0.533. The molecule has 0 aliphatic rings. The number of amides is 1. The van der Waals surface area contributed by atoms with Crippen LogP contribution in [0.4, 0.5) is 5.13 Å². The molecule has 8 heteroatoms. The van der Waals surface area contributed by atoms with E-state index in [0.717, 1.165) is 37.1 Å². The SMILES string of the molecule is CCCCc1nnc(NC(=O)c2ccc(=O)n(CCCC)n2)s1. The molecule has 0 unspecified atom stereocenters. The first-order chi connectivity index (χ1) is 11.1. The van der Waals surface area contributed by atoms with Crippen LogP contribution in [0, 0.1) is 0 Å². The number of nitrogens with one attached hydrogen (secondary N) is 1. The first-order valence-corrected chi connectivity index (χ1v) is 8.67. The van der Waals surface area contributed by atoms with Gasteiger partial charge in [0.2, 0.25) is 5.13 Å². The summed E-state index contributed by atoms with van der Waals surface area (Å²) in [6.07, 6.45) is 4.80. The van der Waals surface area contributed by atoms with Gasteiger partial charge in [-0.05, 0) is 18.9 Å². The van der Waals surface area contributed by atoms with Gasteiger partial charge < -0.3 is 0 Å². The third-order valence-corrected chi connectivity index (χ3v) is 4.15. The smallest absolute Gasteiger partial charge is 0.277 e. The van der Waals surface area contributed by atoms with Crippen LogP contribution in [0.1, 0.15) is 55.0 Å². The van der Waals surface area contributed by atoms with Crippen molar-refractivity contribution in [3.8, 4) is 0 Å². The molecule has 23 heavy (non-hydrogen) atoms. The number of aromatic nitrogens is 4. The summed E-state index contributed by atoms with van der Waals surface area (Å²) in [6, 6.07) is 2.80. The molecule has 0 aliphatic heterocycles. The molecule has 0 aliphatic carbocycles. The molecule has 0 spiro atoms. The highest BCUT2D eigenvalue weighted by atomic mass is 32.1. The molecule has 0 atom stereocenters. The summed E-state index contributed by atoms with van der Waals surface area (Å²) >= 11 is 1.37. The van der Waals surface area contributed by atoms with Crippen LogP contribution in [0.25, 0.3) is 0 Å². The predicted octanol–water partition coefficient (Wildman–Crippen LogP) is 2.49. The number of rotatable bonds is 8. The molecule has 124 valence electrons.